The van der Waals surface area contributed by atoms with Gasteiger partial charge in [0.05, 0.1) is 17.7 Å². The monoisotopic (exact) mass is 426 g/mol. The molecule has 4 N–H and O–H groups in total. The second-order valence-electron chi connectivity index (χ2n) is 7.25. The summed E-state index contributed by atoms with van der Waals surface area (Å²) in [5.74, 6) is 0.146. The second-order valence-corrected chi connectivity index (χ2v) is 7.70. The average Bonchev–Trinajstić information content (AvgIpc) is 2.74. The van der Waals surface area contributed by atoms with Gasteiger partial charge in [-0.05, 0) is 25.6 Å². The van der Waals surface area contributed by atoms with E-state index in [2.05, 4.69) is 23.3 Å². The minimum Gasteiger partial charge on any atom is -0.398 e. The van der Waals surface area contributed by atoms with Crippen molar-refractivity contribution < 1.29 is 14.4 Å². The van der Waals surface area contributed by atoms with E-state index < -0.39 is 0 Å². The van der Waals surface area contributed by atoms with E-state index in [-0.39, 0.29) is 23.0 Å². The van der Waals surface area contributed by atoms with Crippen molar-refractivity contribution in [3.63, 3.8) is 0 Å². The number of fused-ring (bicyclic) bond motifs is 2. The Morgan fingerprint density at radius 2 is 1.70 bits per heavy atom. The normalized spacial score (nSPS) is 12.5. The molecule has 0 aliphatic heterocycles. The van der Waals surface area contributed by atoms with Crippen LogP contribution >= 0.6 is 12.6 Å². The van der Waals surface area contributed by atoms with Crippen LogP contribution in [0.2, 0.25) is 0 Å². The van der Waals surface area contributed by atoms with Crippen molar-refractivity contribution in [2.75, 3.05) is 50.0 Å². The molecule has 0 saturated carbocycles. The van der Waals surface area contributed by atoms with Gasteiger partial charge in [0.25, 0.3) is 0 Å². The lowest BCUT2D eigenvalue weighted by Crippen LogP contribution is -2.36. The molecule has 0 saturated heterocycles. The van der Waals surface area contributed by atoms with Gasteiger partial charge in [-0.25, -0.2) is 0 Å². The Labute approximate surface area is 181 Å². The number of nitrogens with two attached hydrogens (primary N) is 1. The Hall–Kier alpha value is -2.84. The van der Waals surface area contributed by atoms with Gasteiger partial charge in [-0.1, -0.05) is 24.3 Å². The fourth-order valence-electron chi connectivity index (χ4n) is 3.54. The first-order valence-electron chi connectivity index (χ1n) is 9.85. The number of anilines is 2. The van der Waals surface area contributed by atoms with Gasteiger partial charge in [0.1, 0.15) is 0 Å². The molecule has 0 bridgehead atoms. The maximum absolute atomic E-state index is 13.1. The molecule has 0 atom stereocenters. The summed E-state index contributed by atoms with van der Waals surface area (Å²) in [4.78, 5) is 39.7. The number of carbonyl (C=O) groups excluding carboxylic acids is 3. The first-order chi connectivity index (χ1) is 14.4. The highest BCUT2D eigenvalue weighted by molar-refractivity contribution is 7.80. The van der Waals surface area contributed by atoms with Crippen LogP contribution in [-0.4, -0.2) is 61.4 Å². The number of thiol groups is 1. The lowest BCUT2D eigenvalue weighted by molar-refractivity contribution is -0.121. The molecule has 158 valence electrons. The van der Waals surface area contributed by atoms with E-state index in [1.807, 2.05) is 11.9 Å². The number of ketones is 2. The van der Waals surface area contributed by atoms with Crippen LogP contribution in [0.5, 0.6) is 0 Å². The zero-order chi connectivity index (χ0) is 21.7. The predicted molar refractivity (Wildman–Crippen MR) is 122 cm³/mol. The molecular weight excluding hydrogens is 400 g/mol. The van der Waals surface area contributed by atoms with E-state index in [0.29, 0.717) is 60.0 Å². The summed E-state index contributed by atoms with van der Waals surface area (Å²) in [6.07, 6.45) is 0.758. The molecule has 2 aromatic rings. The Morgan fingerprint density at radius 1 is 1.03 bits per heavy atom. The maximum atomic E-state index is 13.1. The summed E-state index contributed by atoms with van der Waals surface area (Å²) in [5, 5.41) is 6.04. The van der Waals surface area contributed by atoms with Gasteiger partial charge < -0.3 is 16.4 Å². The summed E-state index contributed by atoms with van der Waals surface area (Å²) >= 11 is 4.07. The molecule has 1 aliphatic rings. The fraction of sp³-hybridized carbons (Fsp3) is 0.318. The number of nitrogen functional groups attached to an aromatic ring is 1. The van der Waals surface area contributed by atoms with E-state index in [4.69, 9.17) is 5.73 Å². The van der Waals surface area contributed by atoms with Crippen LogP contribution in [0, 0.1) is 0 Å². The lowest BCUT2D eigenvalue weighted by Gasteiger charge is -2.22. The molecule has 0 heterocycles. The smallest absolute Gasteiger partial charge is 0.234 e. The van der Waals surface area contributed by atoms with Crippen LogP contribution in [0.3, 0.4) is 0 Å². The fourth-order valence-corrected chi connectivity index (χ4v) is 3.65. The average molecular weight is 427 g/mol. The minimum atomic E-state index is -0.228. The van der Waals surface area contributed by atoms with Crippen molar-refractivity contribution in [2.24, 2.45) is 0 Å². The predicted octanol–water partition coefficient (Wildman–Crippen LogP) is 1.82. The van der Waals surface area contributed by atoms with Gasteiger partial charge in [-0.15, -0.1) is 0 Å². The van der Waals surface area contributed by atoms with E-state index in [1.54, 1.807) is 36.4 Å². The maximum Gasteiger partial charge on any atom is 0.234 e. The first kappa shape index (κ1) is 21.9. The van der Waals surface area contributed by atoms with Gasteiger partial charge in [0.2, 0.25) is 5.91 Å². The molecule has 0 spiro atoms. The van der Waals surface area contributed by atoms with E-state index >= 15 is 0 Å². The highest BCUT2D eigenvalue weighted by Crippen LogP contribution is 2.35. The topological polar surface area (TPSA) is 105 Å². The Morgan fingerprint density at radius 3 is 2.37 bits per heavy atom. The molecule has 0 aromatic heterocycles. The molecule has 30 heavy (non-hydrogen) atoms. The third-order valence-corrected chi connectivity index (χ3v) is 5.21. The van der Waals surface area contributed by atoms with Crippen molar-refractivity contribution in [1.29, 1.82) is 0 Å². The first-order valence-corrected chi connectivity index (χ1v) is 10.5. The highest BCUT2D eigenvalue weighted by Gasteiger charge is 2.33. The van der Waals surface area contributed by atoms with Crippen molar-refractivity contribution in [2.45, 2.75) is 6.42 Å². The Kier molecular flexibility index (Phi) is 7.12. The van der Waals surface area contributed by atoms with Gasteiger partial charge in [-0.3, -0.25) is 19.3 Å². The van der Waals surface area contributed by atoms with Crippen LogP contribution in [0.4, 0.5) is 11.4 Å². The molecule has 0 unspecified atom stereocenters. The van der Waals surface area contributed by atoms with Crippen LogP contribution < -0.4 is 16.4 Å². The number of carbonyl (C=O) groups is 3. The quantitative estimate of drug-likeness (QED) is 0.236. The number of rotatable bonds is 9. The molecule has 1 aliphatic carbocycles. The number of benzene rings is 2. The molecule has 3 rings (SSSR count). The SMILES string of the molecule is CN(CCCNc1ccc(N)c2c1C(=O)c1ccccc1C2=O)CC(=O)NCCS. The largest absolute Gasteiger partial charge is 0.398 e. The van der Waals surface area contributed by atoms with Crippen LogP contribution in [0.15, 0.2) is 36.4 Å². The summed E-state index contributed by atoms with van der Waals surface area (Å²) < 4.78 is 0. The summed E-state index contributed by atoms with van der Waals surface area (Å²) in [5.41, 5.74) is 8.33. The number of likely N-dealkylation sites (N-methyl/N-ethyl adjacent to an activating group) is 1. The number of nitrogens with zero attached hydrogens (tertiary/aromatic N) is 1. The molecule has 0 radical (unpaired) electrons. The standard InChI is InChI=1S/C22H26N4O3S/c1-26(13-18(27)25-10-12-30)11-4-9-24-17-8-7-16(23)19-20(17)22(29)15-6-3-2-5-14(15)21(19)28/h2-3,5-8,24,30H,4,9-13,23H2,1H3,(H,25,27). The number of amides is 1. The molecule has 2 aromatic carbocycles. The van der Waals surface area contributed by atoms with Gasteiger partial charge in [0, 0.05) is 47.9 Å². The zero-order valence-corrected chi connectivity index (χ0v) is 17.8. The zero-order valence-electron chi connectivity index (χ0n) is 16.9. The Balaban J connectivity index is 1.65. The van der Waals surface area contributed by atoms with Crippen LogP contribution in [0.1, 0.15) is 38.3 Å². The highest BCUT2D eigenvalue weighted by atomic mass is 32.1. The van der Waals surface area contributed by atoms with E-state index in [0.717, 1.165) is 6.42 Å². The lowest BCUT2D eigenvalue weighted by atomic mass is 9.82. The van der Waals surface area contributed by atoms with Crippen LogP contribution in [-0.2, 0) is 4.79 Å². The summed E-state index contributed by atoms with van der Waals surface area (Å²) in [6.45, 7) is 2.15. The molecule has 0 fully saturated rings. The molecule has 1 amide bonds. The minimum absolute atomic E-state index is 0.0325. The van der Waals surface area contributed by atoms with E-state index in [9.17, 15) is 14.4 Å². The summed E-state index contributed by atoms with van der Waals surface area (Å²) in [7, 11) is 1.88. The number of hydrogen-bond donors (Lipinski definition) is 4. The second kappa shape index (κ2) is 9.77. The van der Waals surface area contributed by atoms with Crippen molar-refractivity contribution in [1.82, 2.24) is 10.2 Å². The molecule has 8 heteroatoms. The van der Waals surface area contributed by atoms with Crippen molar-refractivity contribution >= 4 is 41.5 Å². The van der Waals surface area contributed by atoms with Crippen LogP contribution in [0.25, 0.3) is 0 Å². The Bertz CT molecular complexity index is 977. The van der Waals surface area contributed by atoms with Gasteiger partial charge in [0.15, 0.2) is 11.6 Å². The molecule has 7 nitrogen and oxygen atoms in total. The van der Waals surface area contributed by atoms with Crippen molar-refractivity contribution in [3.05, 3.63) is 58.7 Å². The number of nitrogens with one attached hydrogen (secondary N) is 2. The van der Waals surface area contributed by atoms with E-state index in [1.165, 1.54) is 0 Å². The van der Waals surface area contributed by atoms with Gasteiger partial charge in [-0.2, -0.15) is 12.6 Å². The summed E-state index contributed by atoms with van der Waals surface area (Å²) in [6, 6.07) is 10.2. The third-order valence-electron chi connectivity index (χ3n) is 4.99. The van der Waals surface area contributed by atoms with Gasteiger partial charge >= 0.3 is 0 Å². The van der Waals surface area contributed by atoms with Crippen molar-refractivity contribution in [3.8, 4) is 0 Å². The third kappa shape index (κ3) is 4.66. The number of hydrogen-bond acceptors (Lipinski definition) is 7. The molecular formula is C22H26N4O3S.